The number of methoxy groups -OCH3 is 1. The summed E-state index contributed by atoms with van der Waals surface area (Å²) < 4.78 is 12.4. The predicted octanol–water partition coefficient (Wildman–Crippen LogP) is 2.51. The molecule has 0 saturated heterocycles. The zero-order chi connectivity index (χ0) is 17.4. The second-order valence-electron chi connectivity index (χ2n) is 5.99. The first-order valence-corrected chi connectivity index (χ1v) is 8.07. The van der Waals surface area contributed by atoms with E-state index in [1.165, 1.54) is 0 Å². The van der Waals surface area contributed by atoms with Crippen molar-refractivity contribution in [3.63, 3.8) is 0 Å². The number of rotatable bonds is 3. The molecule has 0 saturated carbocycles. The van der Waals surface area contributed by atoms with Crippen molar-refractivity contribution in [2.45, 2.75) is 20.0 Å². The number of aromatic nitrogens is 3. The number of benzene rings is 1. The van der Waals surface area contributed by atoms with E-state index in [2.05, 4.69) is 14.7 Å². The van der Waals surface area contributed by atoms with Crippen LogP contribution in [0, 0.1) is 6.92 Å². The van der Waals surface area contributed by atoms with E-state index in [1.54, 1.807) is 25.0 Å². The van der Waals surface area contributed by atoms with Crippen LogP contribution in [-0.4, -0.2) is 39.2 Å². The van der Waals surface area contributed by atoms with Crippen LogP contribution in [0.4, 0.5) is 0 Å². The lowest BCUT2D eigenvalue weighted by atomic mass is 10.1. The van der Waals surface area contributed by atoms with Gasteiger partial charge < -0.3 is 18.7 Å². The van der Waals surface area contributed by atoms with E-state index in [4.69, 9.17) is 9.26 Å². The maximum atomic E-state index is 12.5. The molecule has 7 nitrogen and oxygen atoms in total. The molecule has 1 amide bonds. The fourth-order valence-corrected chi connectivity index (χ4v) is 3.05. The van der Waals surface area contributed by atoms with Gasteiger partial charge in [0.2, 0.25) is 0 Å². The summed E-state index contributed by atoms with van der Waals surface area (Å²) >= 11 is 0. The molecule has 3 heterocycles. The summed E-state index contributed by atoms with van der Waals surface area (Å²) in [6.45, 7) is 3.53. The lowest BCUT2D eigenvalue weighted by Gasteiger charge is -2.28. The number of aryl methyl sites for hydroxylation is 1. The molecule has 1 aliphatic rings. The molecule has 2 aromatic heterocycles. The molecule has 1 aliphatic heterocycles. The second-order valence-corrected chi connectivity index (χ2v) is 5.99. The van der Waals surface area contributed by atoms with E-state index in [0.717, 1.165) is 22.8 Å². The number of imidazole rings is 1. The summed E-state index contributed by atoms with van der Waals surface area (Å²) in [7, 11) is 1.65. The Labute approximate surface area is 144 Å². The predicted molar refractivity (Wildman–Crippen MR) is 90.2 cm³/mol. The van der Waals surface area contributed by atoms with Gasteiger partial charge >= 0.3 is 0 Å². The maximum absolute atomic E-state index is 12.5. The van der Waals surface area contributed by atoms with E-state index in [0.29, 0.717) is 31.1 Å². The Morgan fingerprint density at radius 3 is 2.72 bits per heavy atom. The van der Waals surface area contributed by atoms with Gasteiger partial charge in [0, 0.05) is 24.7 Å². The van der Waals surface area contributed by atoms with Crippen molar-refractivity contribution in [2.75, 3.05) is 13.7 Å². The van der Waals surface area contributed by atoms with Crippen molar-refractivity contribution in [1.29, 1.82) is 0 Å². The normalized spacial score (nSPS) is 13.6. The van der Waals surface area contributed by atoms with E-state index in [-0.39, 0.29) is 5.91 Å². The Morgan fingerprint density at radius 2 is 2.04 bits per heavy atom. The Balaban J connectivity index is 1.57. The van der Waals surface area contributed by atoms with E-state index in [1.807, 2.05) is 30.5 Å². The summed E-state index contributed by atoms with van der Waals surface area (Å²) in [6, 6.07) is 9.55. The molecule has 0 fully saturated rings. The number of carbonyl (C=O) groups is 1. The highest BCUT2D eigenvalue weighted by molar-refractivity contribution is 5.92. The summed E-state index contributed by atoms with van der Waals surface area (Å²) in [5.74, 6) is 2.19. The van der Waals surface area contributed by atoms with Gasteiger partial charge in [0.05, 0.1) is 25.5 Å². The third kappa shape index (κ3) is 2.77. The SMILES string of the molecule is COc1ccc(-c2cnc3n2CCN(C(=O)c2cc(C)on2)C3)cc1. The topological polar surface area (TPSA) is 73.4 Å². The van der Waals surface area contributed by atoms with Crippen LogP contribution in [0.25, 0.3) is 11.3 Å². The van der Waals surface area contributed by atoms with Gasteiger partial charge in [0.25, 0.3) is 5.91 Å². The highest BCUT2D eigenvalue weighted by Crippen LogP contribution is 2.26. The number of carbonyl (C=O) groups excluding carboxylic acids is 1. The molecule has 1 aromatic carbocycles. The average molecular weight is 338 g/mol. The van der Waals surface area contributed by atoms with E-state index < -0.39 is 0 Å². The molecule has 0 aliphatic carbocycles. The van der Waals surface area contributed by atoms with Crippen molar-refractivity contribution < 1.29 is 14.1 Å². The van der Waals surface area contributed by atoms with E-state index >= 15 is 0 Å². The van der Waals surface area contributed by atoms with E-state index in [9.17, 15) is 4.79 Å². The molecule has 7 heteroatoms. The van der Waals surface area contributed by atoms with Crippen LogP contribution in [0.5, 0.6) is 5.75 Å². The van der Waals surface area contributed by atoms with Gasteiger partial charge in [-0.25, -0.2) is 4.98 Å². The quantitative estimate of drug-likeness (QED) is 0.734. The number of hydrogen-bond acceptors (Lipinski definition) is 5. The van der Waals surface area contributed by atoms with Crippen LogP contribution < -0.4 is 4.74 Å². The number of amides is 1. The van der Waals surface area contributed by atoms with Crippen LogP contribution in [-0.2, 0) is 13.1 Å². The fourth-order valence-electron chi connectivity index (χ4n) is 3.05. The molecule has 0 spiro atoms. The van der Waals surface area contributed by atoms with Crippen molar-refractivity contribution in [3.8, 4) is 17.0 Å². The molecule has 4 rings (SSSR count). The molecule has 3 aromatic rings. The van der Waals surface area contributed by atoms with Crippen LogP contribution in [0.1, 0.15) is 22.1 Å². The molecule has 0 radical (unpaired) electrons. The minimum Gasteiger partial charge on any atom is -0.497 e. The highest BCUT2D eigenvalue weighted by atomic mass is 16.5. The van der Waals surface area contributed by atoms with Crippen LogP contribution in [0.15, 0.2) is 41.1 Å². The van der Waals surface area contributed by atoms with Crippen LogP contribution in [0.2, 0.25) is 0 Å². The number of hydrogen-bond donors (Lipinski definition) is 0. The standard InChI is InChI=1S/C18H18N4O3/c1-12-9-15(20-25-12)18(23)21-7-8-22-16(10-19-17(22)11-21)13-3-5-14(24-2)6-4-13/h3-6,9-10H,7-8,11H2,1-2H3. The first-order chi connectivity index (χ1) is 12.2. The van der Waals surface area contributed by atoms with Crippen molar-refractivity contribution in [3.05, 3.63) is 53.8 Å². The monoisotopic (exact) mass is 338 g/mol. The van der Waals surface area contributed by atoms with Crippen LogP contribution >= 0.6 is 0 Å². The Bertz CT molecular complexity index is 911. The maximum Gasteiger partial charge on any atom is 0.276 e. The van der Waals surface area contributed by atoms with Gasteiger partial charge in [0.15, 0.2) is 5.69 Å². The van der Waals surface area contributed by atoms with Crippen LogP contribution in [0.3, 0.4) is 0 Å². The first-order valence-electron chi connectivity index (χ1n) is 8.07. The van der Waals surface area contributed by atoms with Gasteiger partial charge in [-0.1, -0.05) is 5.16 Å². The first kappa shape index (κ1) is 15.4. The molecule has 0 atom stereocenters. The summed E-state index contributed by atoms with van der Waals surface area (Å²) in [5, 5.41) is 3.81. The third-order valence-corrected chi connectivity index (χ3v) is 4.38. The summed E-state index contributed by atoms with van der Waals surface area (Å²) in [4.78, 5) is 18.8. The number of fused-ring (bicyclic) bond motifs is 1. The smallest absolute Gasteiger partial charge is 0.276 e. The summed E-state index contributed by atoms with van der Waals surface area (Å²) in [5.41, 5.74) is 2.46. The molecule has 128 valence electrons. The molecule has 0 N–H and O–H groups in total. The lowest BCUT2D eigenvalue weighted by Crippen LogP contribution is -2.38. The molecule has 25 heavy (non-hydrogen) atoms. The highest BCUT2D eigenvalue weighted by Gasteiger charge is 2.26. The minimum atomic E-state index is -0.128. The molecule has 0 bridgehead atoms. The minimum absolute atomic E-state index is 0.128. The van der Waals surface area contributed by atoms with Crippen molar-refractivity contribution >= 4 is 5.91 Å². The van der Waals surface area contributed by atoms with Gasteiger partial charge in [-0.3, -0.25) is 4.79 Å². The lowest BCUT2D eigenvalue weighted by molar-refractivity contribution is 0.0697. The Hall–Kier alpha value is -3.09. The average Bonchev–Trinajstić information content (AvgIpc) is 3.27. The largest absolute Gasteiger partial charge is 0.497 e. The Morgan fingerprint density at radius 1 is 1.24 bits per heavy atom. The van der Waals surface area contributed by atoms with Gasteiger partial charge in [-0.2, -0.15) is 0 Å². The number of ether oxygens (including phenoxy) is 1. The number of nitrogens with zero attached hydrogens (tertiary/aromatic N) is 4. The van der Waals surface area contributed by atoms with Gasteiger partial charge in [-0.15, -0.1) is 0 Å². The van der Waals surface area contributed by atoms with Crippen molar-refractivity contribution in [2.24, 2.45) is 0 Å². The Kier molecular flexibility index (Phi) is 3.76. The molecular weight excluding hydrogens is 320 g/mol. The zero-order valence-electron chi connectivity index (χ0n) is 14.1. The molecule has 0 unspecified atom stereocenters. The van der Waals surface area contributed by atoms with Gasteiger partial charge in [-0.05, 0) is 31.2 Å². The second kappa shape index (κ2) is 6.08. The van der Waals surface area contributed by atoms with Crippen molar-refractivity contribution in [1.82, 2.24) is 19.6 Å². The third-order valence-electron chi connectivity index (χ3n) is 4.38. The zero-order valence-corrected chi connectivity index (χ0v) is 14.1. The fraction of sp³-hybridized carbons (Fsp3) is 0.278. The summed E-state index contributed by atoms with van der Waals surface area (Å²) in [6.07, 6.45) is 1.85. The molecular formula is C18H18N4O3. The van der Waals surface area contributed by atoms with Gasteiger partial charge in [0.1, 0.15) is 17.3 Å².